The third-order valence-electron chi connectivity index (χ3n) is 3.90. The maximum absolute atomic E-state index is 12.2. The number of imidazole rings is 1. The largest absolute Gasteiger partial charge is 0.333 e. The Hall–Kier alpha value is -3.23. The molecule has 9 heteroatoms. The first kappa shape index (κ1) is 18.6. The summed E-state index contributed by atoms with van der Waals surface area (Å²) in [4.78, 5) is 17.9. The molecule has 1 aromatic carbocycles. The highest BCUT2D eigenvalue weighted by atomic mass is 16.2. The van der Waals surface area contributed by atoms with Crippen molar-refractivity contribution in [2.24, 2.45) is 5.92 Å². The Balaban J connectivity index is 1.60. The van der Waals surface area contributed by atoms with E-state index >= 15 is 0 Å². The zero-order valence-corrected chi connectivity index (χ0v) is 15.8. The van der Waals surface area contributed by atoms with Crippen molar-refractivity contribution in [2.45, 2.75) is 40.4 Å². The number of hydrogen-bond acceptors (Lipinski definition) is 5. The normalized spacial score (nSPS) is 11.0. The van der Waals surface area contributed by atoms with Crippen LogP contribution in [0.15, 0.2) is 36.8 Å². The zero-order chi connectivity index (χ0) is 19.2. The molecule has 0 fully saturated rings. The number of carbonyl (C=O) groups excluding carboxylic acids is 1. The number of hydrogen-bond donors (Lipinski definition) is 2. The molecule has 3 aromatic rings. The number of urea groups is 1. The van der Waals surface area contributed by atoms with Crippen LogP contribution in [0.3, 0.4) is 0 Å². The second kappa shape index (κ2) is 8.43. The van der Waals surface area contributed by atoms with Crippen LogP contribution in [-0.2, 0) is 19.6 Å². The Morgan fingerprint density at radius 2 is 2.15 bits per heavy atom. The van der Waals surface area contributed by atoms with Gasteiger partial charge in [-0.3, -0.25) is 0 Å². The lowest BCUT2D eigenvalue weighted by Crippen LogP contribution is -2.29. The molecule has 0 saturated carbocycles. The van der Waals surface area contributed by atoms with Gasteiger partial charge in [-0.15, -0.1) is 10.2 Å². The Morgan fingerprint density at radius 3 is 2.89 bits per heavy atom. The maximum Gasteiger partial charge on any atom is 0.319 e. The minimum absolute atomic E-state index is 0.283. The highest BCUT2D eigenvalue weighted by molar-refractivity contribution is 5.89. The van der Waals surface area contributed by atoms with E-state index in [4.69, 9.17) is 0 Å². The molecule has 2 N–H and O–H groups in total. The lowest BCUT2D eigenvalue weighted by atomic mass is 10.2. The summed E-state index contributed by atoms with van der Waals surface area (Å²) in [6.45, 7) is 8.16. The number of carbonyl (C=O) groups is 1. The van der Waals surface area contributed by atoms with Crippen LogP contribution in [0.5, 0.6) is 0 Å². The fraction of sp³-hybridized carbons (Fsp3) is 0.389. The van der Waals surface area contributed by atoms with E-state index < -0.39 is 0 Å². The first-order valence-electron chi connectivity index (χ1n) is 8.97. The number of tetrazole rings is 1. The van der Waals surface area contributed by atoms with Gasteiger partial charge in [0, 0.05) is 24.0 Å². The average molecular weight is 368 g/mol. The van der Waals surface area contributed by atoms with Crippen molar-refractivity contribution < 1.29 is 4.79 Å². The maximum atomic E-state index is 12.2. The van der Waals surface area contributed by atoms with Gasteiger partial charge < -0.3 is 15.2 Å². The highest BCUT2D eigenvalue weighted by Gasteiger charge is 2.09. The monoisotopic (exact) mass is 368 g/mol. The van der Waals surface area contributed by atoms with E-state index in [1.54, 1.807) is 12.5 Å². The van der Waals surface area contributed by atoms with E-state index in [-0.39, 0.29) is 6.03 Å². The van der Waals surface area contributed by atoms with Crippen molar-refractivity contribution in [3.05, 3.63) is 42.5 Å². The van der Waals surface area contributed by atoms with Gasteiger partial charge in [-0.1, -0.05) is 26.0 Å². The van der Waals surface area contributed by atoms with Gasteiger partial charge in [0.1, 0.15) is 0 Å². The summed E-state index contributed by atoms with van der Waals surface area (Å²) in [5.74, 6) is 1.03. The van der Waals surface area contributed by atoms with E-state index in [1.165, 1.54) is 4.80 Å². The van der Waals surface area contributed by atoms with Gasteiger partial charge in [0.2, 0.25) is 5.82 Å². The second-order valence-electron chi connectivity index (χ2n) is 6.62. The Kier molecular flexibility index (Phi) is 5.80. The molecule has 2 aromatic heterocycles. The van der Waals surface area contributed by atoms with Crippen LogP contribution in [0.4, 0.5) is 10.5 Å². The van der Waals surface area contributed by atoms with Crippen molar-refractivity contribution in [1.82, 2.24) is 35.1 Å². The quantitative estimate of drug-likeness (QED) is 0.667. The molecule has 2 amide bonds. The van der Waals surface area contributed by atoms with Gasteiger partial charge in [-0.25, -0.2) is 9.78 Å². The van der Waals surface area contributed by atoms with Crippen molar-refractivity contribution in [3.8, 4) is 11.4 Å². The molecule has 0 bridgehead atoms. The van der Waals surface area contributed by atoms with Crippen LogP contribution in [0.2, 0.25) is 0 Å². The van der Waals surface area contributed by atoms with Gasteiger partial charge in [-0.2, -0.15) is 4.80 Å². The lowest BCUT2D eigenvalue weighted by molar-refractivity contribution is 0.251. The third-order valence-corrected chi connectivity index (χ3v) is 3.90. The molecule has 2 heterocycles. The third kappa shape index (κ3) is 4.90. The Morgan fingerprint density at radius 1 is 1.30 bits per heavy atom. The molecule has 142 valence electrons. The van der Waals surface area contributed by atoms with E-state index in [2.05, 4.69) is 44.9 Å². The number of aryl methyl sites for hydroxylation is 1. The number of aromatic nitrogens is 6. The molecule has 27 heavy (non-hydrogen) atoms. The molecule has 0 unspecified atom stereocenters. The molecule has 0 aliphatic heterocycles. The van der Waals surface area contributed by atoms with E-state index in [0.29, 0.717) is 30.5 Å². The summed E-state index contributed by atoms with van der Waals surface area (Å²) >= 11 is 0. The summed E-state index contributed by atoms with van der Waals surface area (Å²) in [7, 11) is 0. The van der Waals surface area contributed by atoms with E-state index in [1.807, 2.05) is 35.8 Å². The number of nitrogens with one attached hydrogen (secondary N) is 2. The molecule has 0 radical (unpaired) electrons. The first-order valence-corrected chi connectivity index (χ1v) is 8.97. The van der Waals surface area contributed by atoms with Gasteiger partial charge in [0.15, 0.2) is 0 Å². The smallest absolute Gasteiger partial charge is 0.319 e. The SMILES string of the molecule is CCn1nnc(-c2cccc(NC(=O)NCc3cncn3CC(C)C)c2)n1. The summed E-state index contributed by atoms with van der Waals surface area (Å²) in [5, 5.41) is 18.0. The average Bonchev–Trinajstić information content (AvgIpc) is 3.29. The number of amides is 2. The molecule has 0 aliphatic rings. The minimum Gasteiger partial charge on any atom is -0.333 e. The highest BCUT2D eigenvalue weighted by Crippen LogP contribution is 2.18. The summed E-state index contributed by atoms with van der Waals surface area (Å²) in [6.07, 6.45) is 3.56. The number of anilines is 1. The van der Waals surface area contributed by atoms with Gasteiger partial charge in [0.05, 0.1) is 25.1 Å². The second-order valence-corrected chi connectivity index (χ2v) is 6.62. The fourth-order valence-corrected chi connectivity index (χ4v) is 2.63. The van der Waals surface area contributed by atoms with Crippen LogP contribution in [-0.4, -0.2) is 35.8 Å². The number of rotatable bonds is 7. The molecular formula is C18H24N8O. The topological polar surface area (TPSA) is 103 Å². The molecule has 3 rings (SSSR count). The molecule has 0 spiro atoms. The molecule has 9 nitrogen and oxygen atoms in total. The van der Waals surface area contributed by atoms with Gasteiger partial charge in [-0.05, 0) is 30.2 Å². The Labute approximate surface area is 157 Å². The van der Waals surface area contributed by atoms with Crippen LogP contribution < -0.4 is 10.6 Å². The lowest BCUT2D eigenvalue weighted by Gasteiger charge is -2.12. The standard InChI is InChI=1S/C18H24N8O/c1-4-26-23-17(22-24-26)14-6-5-7-15(8-14)21-18(27)20-10-16-9-19-12-25(16)11-13(2)3/h5-9,12-13H,4,10-11H2,1-3H3,(H2,20,21,27). The van der Waals surface area contributed by atoms with Crippen LogP contribution in [0.25, 0.3) is 11.4 Å². The van der Waals surface area contributed by atoms with Crippen LogP contribution >= 0.6 is 0 Å². The number of nitrogens with zero attached hydrogens (tertiary/aromatic N) is 6. The summed E-state index contributed by atoms with van der Waals surface area (Å²) in [6, 6.07) is 7.07. The van der Waals surface area contributed by atoms with Gasteiger partial charge in [0.25, 0.3) is 0 Å². The zero-order valence-electron chi connectivity index (χ0n) is 15.8. The van der Waals surface area contributed by atoms with Crippen molar-refractivity contribution in [1.29, 1.82) is 0 Å². The molecular weight excluding hydrogens is 344 g/mol. The van der Waals surface area contributed by atoms with Crippen LogP contribution in [0.1, 0.15) is 26.5 Å². The van der Waals surface area contributed by atoms with Gasteiger partial charge >= 0.3 is 6.03 Å². The molecule has 0 aliphatic carbocycles. The van der Waals surface area contributed by atoms with E-state index in [9.17, 15) is 4.79 Å². The molecule has 0 atom stereocenters. The molecule has 0 saturated heterocycles. The van der Waals surface area contributed by atoms with Crippen molar-refractivity contribution in [3.63, 3.8) is 0 Å². The summed E-state index contributed by atoms with van der Waals surface area (Å²) < 4.78 is 2.05. The predicted molar refractivity (Wildman–Crippen MR) is 102 cm³/mol. The summed E-state index contributed by atoms with van der Waals surface area (Å²) in [5.41, 5.74) is 2.42. The van der Waals surface area contributed by atoms with E-state index in [0.717, 1.165) is 17.8 Å². The number of benzene rings is 1. The Bertz CT molecular complexity index is 898. The van der Waals surface area contributed by atoms with Crippen LogP contribution in [0, 0.1) is 5.92 Å². The first-order chi connectivity index (χ1) is 13.0. The predicted octanol–water partition coefficient (Wildman–Crippen LogP) is 2.53. The minimum atomic E-state index is -0.283. The van der Waals surface area contributed by atoms with Crippen molar-refractivity contribution >= 4 is 11.7 Å². The fourth-order valence-electron chi connectivity index (χ4n) is 2.63. The van der Waals surface area contributed by atoms with Crippen molar-refractivity contribution in [2.75, 3.05) is 5.32 Å².